The lowest BCUT2D eigenvalue weighted by molar-refractivity contribution is 0.159. The Hall–Kier alpha value is -1.32. The second-order valence-corrected chi connectivity index (χ2v) is 5.55. The molecule has 21 heavy (non-hydrogen) atoms. The molecule has 2 rings (SSSR count). The first-order chi connectivity index (χ1) is 9.99. The summed E-state index contributed by atoms with van der Waals surface area (Å²) in [5.74, 6) is 0.432. The van der Waals surface area contributed by atoms with E-state index in [0.717, 1.165) is 0 Å². The zero-order valence-electron chi connectivity index (χ0n) is 12.1. The molecule has 0 radical (unpaired) electrons. The van der Waals surface area contributed by atoms with Crippen molar-refractivity contribution >= 4 is 11.6 Å². The predicted octanol–water partition coefficient (Wildman–Crippen LogP) is 2.06. The van der Waals surface area contributed by atoms with Crippen LogP contribution in [0.4, 0.5) is 0 Å². The van der Waals surface area contributed by atoms with E-state index >= 15 is 0 Å². The minimum atomic E-state index is -0.755. The normalized spacial score (nSPS) is 22.9. The van der Waals surface area contributed by atoms with E-state index in [1.807, 2.05) is 6.92 Å². The van der Waals surface area contributed by atoms with Crippen molar-refractivity contribution in [2.75, 3.05) is 13.2 Å². The van der Waals surface area contributed by atoms with Crippen LogP contribution in [0.1, 0.15) is 49.0 Å². The first kappa shape index (κ1) is 16.1. The Kier molecular flexibility index (Phi) is 5.07. The summed E-state index contributed by atoms with van der Waals surface area (Å²) in [6.07, 6.45) is -0.881. The van der Waals surface area contributed by atoms with Crippen molar-refractivity contribution < 1.29 is 14.9 Å². The van der Waals surface area contributed by atoms with Gasteiger partial charge < -0.3 is 14.9 Å². The summed E-state index contributed by atoms with van der Waals surface area (Å²) in [7, 11) is 0. The quantitative estimate of drug-likeness (QED) is 0.792. The summed E-state index contributed by atoms with van der Waals surface area (Å²) < 4.78 is 5.70. The Morgan fingerprint density at radius 1 is 1.62 bits per heavy atom. The number of ether oxygens (including phenoxy) is 1. The molecular weight excluding hydrogens is 292 g/mol. The number of halogens is 1. The third-order valence-corrected chi connectivity index (χ3v) is 3.96. The van der Waals surface area contributed by atoms with Crippen molar-refractivity contribution in [1.29, 1.82) is 5.26 Å². The lowest BCUT2D eigenvalue weighted by atomic mass is 9.89. The largest absolute Gasteiger partial charge is 0.493 e. The van der Waals surface area contributed by atoms with Gasteiger partial charge in [0.05, 0.1) is 23.3 Å². The van der Waals surface area contributed by atoms with Crippen LogP contribution >= 0.6 is 11.6 Å². The van der Waals surface area contributed by atoms with Crippen molar-refractivity contribution in [3.05, 3.63) is 27.8 Å². The van der Waals surface area contributed by atoms with Crippen LogP contribution in [0.25, 0.3) is 0 Å². The maximum Gasteiger partial charge on any atom is 0.130 e. The average Bonchev–Trinajstić information content (AvgIpc) is 2.86. The highest BCUT2D eigenvalue weighted by atomic mass is 35.5. The molecule has 1 aromatic rings. The van der Waals surface area contributed by atoms with E-state index in [1.165, 1.54) is 0 Å². The minimum Gasteiger partial charge on any atom is -0.493 e. The summed E-state index contributed by atoms with van der Waals surface area (Å²) in [5.41, 5.74) is 1.59. The number of nitriles is 1. The fourth-order valence-electron chi connectivity index (χ4n) is 2.73. The van der Waals surface area contributed by atoms with E-state index in [9.17, 15) is 15.5 Å². The zero-order valence-corrected chi connectivity index (χ0v) is 12.8. The third-order valence-electron chi connectivity index (χ3n) is 3.66. The van der Waals surface area contributed by atoms with Crippen LogP contribution in [0.15, 0.2) is 6.07 Å². The molecule has 3 atom stereocenters. The molecule has 1 heterocycles. The van der Waals surface area contributed by atoms with E-state index < -0.39 is 12.3 Å². The second-order valence-electron chi connectivity index (χ2n) is 5.14. The molecule has 114 valence electrons. The van der Waals surface area contributed by atoms with Crippen molar-refractivity contribution in [2.45, 2.75) is 38.5 Å². The van der Waals surface area contributed by atoms with Gasteiger partial charge in [-0.2, -0.15) is 5.26 Å². The van der Waals surface area contributed by atoms with Gasteiger partial charge in [-0.1, -0.05) is 11.6 Å². The van der Waals surface area contributed by atoms with Crippen LogP contribution in [0, 0.1) is 11.3 Å². The molecule has 0 bridgehead atoms. The van der Waals surface area contributed by atoms with E-state index in [-0.39, 0.29) is 5.92 Å². The van der Waals surface area contributed by atoms with E-state index in [0.29, 0.717) is 47.0 Å². The van der Waals surface area contributed by atoms with E-state index in [1.54, 1.807) is 13.0 Å². The van der Waals surface area contributed by atoms with Crippen LogP contribution in [-0.4, -0.2) is 29.6 Å². The fraction of sp³-hybridized carbons (Fsp3) is 0.533. The van der Waals surface area contributed by atoms with Gasteiger partial charge in [-0.15, -0.1) is 0 Å². The highest BCUT2D eigenvalue weighted by Gasteiger charge is 2.31. The van der Waals surface area contributed by atoms with Crippen LogP contribution in [0.5, 0.6) is 5.75 Å². The van der Waals surface area contributed by atoms with E-state index in [4.69, 9.17) is 16.3 Å². The average molecular weight is 311 g/mol. The summed E-state index contributed by atoms with van der Waals surface area (Å²) in [4.78, 5) is 0. The Balaban J connectivity index is 2.65. The van der Waals surface area contributed by atoms with Crippen molar-refractivity contribution in [3.8, 4) is 11.8 Å². The topological polar surface area (TPSA) is 85.5 Å². The smallest absolute Gasteiger partial charge is 0.130 e. The summed E-state index contributed by atoms with van der Waals surface area (Å²) >= 11 is 6.19. The molecule has 0 aliphatic carbocycles. The number of nitrogens with one attached hydrogen (secondary N) is 1. The Morgan fingerprint density at radius 2 is 2.33 bits per heavy atom. The molecular formula is C15H19ClN2O3. The van der Waals surface area contributed by atoms with Crippen LogP contribution < -0.4 is 10.1 Å². The molecule has 0 saturated carbocycles. The molecule has 3 N–H and O–H groups in total. The fourth-order valence-corrected chi connectivity index (χ4v) is 2.99. The van der Waals surface area contributed by atoms with Gasteiger partial charge >= 0.3 is 0 Å². The Morgan fingerprint density at radius 3 is 2.81 bits per heavy atom. The van der Waals surface area contributed by atoms with Gasteiger partial charge in [-0.05, 0) is 26.3 Å². The van der Waals surface area contributed by atoms with Gasteiger partial charge in [-0.3, -0.25) is 5.32 Å². The first-order valence-corrected chi connectivity index (χ1v) is 7.36. The molecule has 6 heteroatoms. The highest BCUT2D eigenvalue weighted by molar-refractivity contribution is 6.32. The molecule has 5 nitrogen and oxygen atoms in total. The molecule has 1 aromatic carbocycles. The standard InChI is InChI=1S/C15H19ClN2O3/c1-3-21-15-10(8(2)19)5-12(16)11(6-17)14(15)9-4-13(20)18-7-9/h5,8-9,13,18-20H,3-4,7H2,1-2H3. The van der Waals surface area contributed by atoms with Crippen LogP contribution in [0.3, 0.4) is 0 Å². The Labute approximate surface area is 129 Å². The maximum atomic E-state index is 9.95. The number of rotatable bonds is 4. The number of aliphatic hydroxyl groups excluding tert-OH is 2. The van der Waals surface area contributed by atoms with Gasteiger partial charge in [-0.25, -0.2) is 0 Å². The number of hydrogen-bond acceptors (Lipinski definition) is 5. The number of nitrogens with zero attached hydrogens (tertiary/aromatic N) is 1. The molecule has 1 aliphatic heterocycles. The molecule has 1 fully saturated rings. The molecule has 3 unspecified atom stereocenters. The zero-order chi connectivity index (χ0) is 15.6. The lowest BCUT2D eigenvalue weighted by Gasteiger charge is -2.22. The molecule has 0 aromatic heterocycles. The molecule has 1 aliphatic rings. The second kappa shape index (κ2) is 6.63. The van der Waals surface area contributed by atoms with Gasteiger partial charge in [0.25, 0.3) is 0 Å². The van der Waals surface area contributed by atoms with Gasteiger partial charge in [0, 0.05) is 23.6 Å². The van der Waals surface area contributed by atoms with Crippen LogP contribution in [0.2, 0.25) is 5.02 Å². The molecule has 1 saturated heterocycles. The summed E-state index contributed by atoms with van der Waals surface area (Å²) in [6.45, 7) is 4.43. The van der Waals surface area contributed by atoms with Gasteiger partial charge in [0.2, 0.25) is 0 Å². The number of hydrogen-bond donors (Lipinski definition) is 3. The van der Waals surface area contributed by atoms with Gasteiger partial charge in [0.15, 0.2) is 0 Å². The predicted molar refractivity (Wildman–Crippen MR) is 79.3 cm³/mol. The third kappa shape index (κ3) is 3.14. The van der Waals surface area contributed by atoms with E-state index in [2.05, 4.69) is 11.4 Å². The Bertz CT molecular complexity index is 569. The van der Waals surface area contributed by atoms with Crippen LogP contribution in [-0.2, 0) is 0 Å². The molecule has 0 spiro atoms. The van der Waals surface area contributed by atoms with Crippen molar-refractivity contribution in [2.24, 2.45) is 0 Å². The highest BCUT2D eigenvalue weighted by Crippen LogP contribution is 2.42. The summed E-state index contributed by atoms with van der Waals surface area (Å²) in [5, 5.41) is 32.3. The minimum absolute atomic E-state index is 0.0765. The van der Waals surface area contributed by atoms with Gasteiger partial charge in [0.1, 0.15) is 18.0 Å². The maximum absolute atomic E-state index is 9.95. The number of aliphatic hydroxyl groups is 2. The molecule has 0 amide bonds. The summed E-state index contributed by atoms with van der Waals surface area (Å²) in [6, 6.07) is 3.70. The lowest BCUT2D eigenvalue weighted by Crippen LogP contribution is -2.19. The SMILES string of the molecule is CCOc1c(C(C)O)cc(Cl)c(C#N)c1C1CNC(O)C1. The van der Waals surface area contributed by atoms with Crippen molar-refractivity contribution in [3.63, 3.8) is 0 Å². The first-order valence-electron chi connectivity index (χ1n) is 6.98. The number of benzene rings is 1. The monoisotopic (exact) mass is 310 g/mol. The van der Waals surface area contributed by atoms with Crippen molar-refractivity contribution in [1.82, 2.24) is 5.32 Å².